The molecule has 0 aromatic heterocycles. The molecule has 0 radical (unpaired) electrons. The maximum absolute atomic E-state index is 12.3. The fourth-order valence-corrected chi connectivity index (χ4v) is 2.99. The summed E-state index contributed by atoms with van der Waals surface area (Å²) in [5.41, 5.74) is 1.08. The molecule has 5 nitrogen and oxygen atoms in total. The first kappa shape index (κ1) is 16.7. The number of carbonyl (C=O) groups is 1. The highest BCUT2D eigenvalue weighted by Gasteiger charge is 2.20. The normalized spacial score (nSPS) is 12.1. The van der Waals surface area contributed by atoms with E-state index in [2.05, 4.69) is 0 Å². The Kier molecular flexibility index (Phi) is 5.71. The average Bonchev–Trinajstić information content (AvgIpc) is 2.38. The van der Waals surface area contributed by atoms with Crippen LogP contribution in [0, 0.1) is 0 Å². The van der Waals surface area contributed by atoms with Crippen molar-refractivity contribution in [2.24, 2.45) is 0 Å². The summed E-state index contributed by atoms with van der Waals surface area (Å²) >= 11 is 0. The van der Waals surface area contributed by atoms with Gasteiger partial charge in [0.25, 0.3) is 0 Å². The van der Waals surface area contributed by atoms with E-state index in [9.17, 15) is 13.2 Å². The lowest BCUT2D eigenvalue weighted by molar-refractivity contribution is -0.137. The molecule has 0 heterocycles. The number of hydrogen-bond donors (Lipinski definition) is 1. The van der Waals surface area contributed by atoms with Crippen molar-refractivity contribution in [2.75, 3.05) is 13.6 Å². The first-order valence-corrected chi connectivity index (χ1v) is 7.97. The molecule has 112 valence electrons. The molecule has 1 rings (SSSR count). The van der Waals surface area contributed by atoms with Gasteiger partial charge in [0.15, 0.2) is 0 Å². The number of carboxylic acids is 1. The topological polar surface area (TPSA) is 74.7 Å². The summed E-state index contributed by atoms with van der Waals surface area (Å²) in [5.74, 6) is -0.572. The van der Waals surface area contributed by atoms with Gasteiger partial charge >= 0.3 is 5.97 Å². The van der Waals surface area contributed by atoms with Gasteiger partial charge in [-0.2, -0.15) is 0 Å². The molecule has 0 saturated heterocycles. The van der Waals surface area contributed by atoms with Crippen molar-refractivity contribution in [1.82, 2.24) is 4.31 Å². The number of aliphatic carboxylic acids is 1. The molecule has 0 unspecified atom stereocenters. The van der Waals surface area contributed by atoms with Gasteiger partial charge in [-0.05, 0) is 30.0 Å². The smallest absolute Gasteiger partial charge is 0.303 e. The second-order valence-corrected chi connectivity index (χ2v) is 7.09. The molecule has 0 aliphatic heterocycles. The summed E-state index contributed by atoms with van der Waals surface area (Å²) in [6, 6.07) is 6.81. The largest absolute Gasteiger partial charge is 0.481 e. The molecule has 0 amide bonds. The van der Waals surface area contributed by atoms with Gasteiger partial charge in [0, 0.05) is 20.0 Å². The first-order chi connectivity index (χ1) is 9.25. The maximum Gasteiger partial charge on any atom is 0.303 e. The second-order valence-electron chi connectivity index (χ2n) is 5.05. The van der Waals surface area contributed by atoms with Crippen LogP contribution in [-0.4, -0.2) is 37.4 Å². The summed E-state index contributed by atoms with van der Waals surface area (Å²) in [7, 11) is -2.07. The minimum atomic E-state index is -3.54. The third-order valence-electron chi connectivity index (χ3n) is 3.12. The molecule has 1 N–H and O–H groups in total. The summed E-state index contributed by atoms with van der Waals surface area (Å²) in [6.07, 6.45) is 0.265. The number of benzene rings is 1. The van der Waals surface area contributed by atoms with Gasteiger partial charge in [-0.25, -0.2) is 12.7 Å². The van der Waals surface area contributed by atoms with Crippen molar-refractivity contribution in [3.63, 3.8) is 0 Å². The number of rotatable bonds is 7. The van der Waals surface area contributed by atoms with E-state index in [0.29, 0.717) is 12.3 Å². The zero-order valence-electron chi connectivity index (χ0n) is 12.0. The molecule has 20 heavy (non-hydrogen) atoms. The van der Waals surface area contributed by atoms with Crippen LogP contribution in [0.5, 0.6) is 0 Å². The molecule has 0 spiro atoms. The van der Waals surface area contributed by atoms with Gasteiger partial charge in [-0.1, -0.05) is 26.0 Å². The molecule has 0 aliphatic rings. The second kappa shape index (κ2) is 6.85. The maximum atomic E-state index is 12.3. The summed E-state index contributed by atoms with van der Waals surface area (Å²) in [4.78, 5) is 10.7. The van der Waals surface area contributed by atoms with E-state index >= 15 is 0 Å². The van der Waals surface area contributed by atoms with Crippen LogP contribution in [0.1, 0.15) is 38.2 Å². The zero-order valence-corrected chi connectivity index (χ0v) is 12.9. The Morgan fingerprint density at radius 3 is 2.25 bits per heavy atom. The summed E-state index contributed by atoms with van der Waals surface area (Å²) in [5, 5.41) is 8.56. The van der Waals surface area contributed by atoms with Crippen LogP contribution in [0.25, 0.3) is 0 Å². The van der Waals surface area contributed by atoms with Gasteiger partial charge in [-0.15, -0.1) is 0 Å². The Labute approximate surface area is 120 Å². The number of nitrogens with zero attached hydrogens (tertiary/aromatic N) is 1. The molecular formula is C14H21NO4S. The van der Waals surface area contributed by atoms with Gasteiger partial charge in [0.05, 0.1) is 4.90 Å². The van der Waals surface area contributed by atoms with E-state index in [-0.39, 0.29) is 17.9 Å². The van der Waals surface area contributed by atoms with E-state index in [0.717, 1.165) is 5.56 Å². The van der Waals surface area contributed by atoms with Crippen molar-refractivity contribution in [2.45, 2.75) is 37.5 Å². The van der Waals surface area contributed by atoms with Crippen molar-refractivity contribution in [1.29, 1.82) is 0 Å². The van der Waals surface area contributed by atoms with Crippen LogP contribution in [0.15, 0.2) is 29.2 Å². The molecule has 6 heteroatoms. The van der Waals surface area contributed by atoms with E-state index in [4.69, 9.17) is 5.11 Å². The monoisotopic (exact) mass is 299 g/mol. The molecule has 0 aliphatic carbocycles. The van der Waals surface area contributed by atoms with Crippen LogP contribution in [0.2, 0.25) is 0 Å². The van der Waals surface area contributed by atoms with Crippen molar-refractivity contribution in [3.05, 3.63) is 29.8 Å². The lowest BCUT2D eigenvalue weighted by Crippen LogP contribution is -2.28. The van der Waals surface area contributed by atoms with Gasteiger partial charge < -0.3 is 5.11 Å². The van der Waals surface area contributed by atoms with Crippen molar-refractivity contribution in [3.8, 4) is 0 Å². The Morgan fingerprint density at radius 2 is 1.80 bits per heavy atom. The quantitative estimate of drug-likeness (QED) is 0.838. The highest BCUT2D eigenvalue weighted by atomic mass is 32.2. The highest BCUT2D eigenvalue weighted by molar-refractivity contribution is 7.89. The van der Waals surface area contributed by atoms with E-state index in [1.54, 1.807) is 12.1 Å². The average molecular weight is 299 g/mol. The number of carboxylic acid groups (broad SMARTS) is 1. The minimum absolute atomic E-state index is 0.0356. The van der Waals surface area contributed by atoms with E-state index < -0.39 is 16.0 Å². The predicted molar refractivity (Wildman–Crippen MR) is 77.2 cm³/mol. The molecule has 0 atom stereocenters. The summed E-state index contributed by atoms with van der Waals surface area (Å²) < 4.78 is 25.7. The molecule has 1 aromatic rings. The fourth-order valence-electron chi connectivity index (χ4n) is 1.78. The van der Waals surface area contributed by atoms with E-state index in [1.807, 2.05) is 26.0 Å². The molecular weight excluding hydrogens is 278 g/mol. The van der Waals surface area contributed by atoms with Crippen LogP contribution < -0.4 is 0 Å². The van der Waals surface area contributed by atoms with Crippen LogP contribution >= 0.6 is 0 Å². The van der Waals surface area contributed by atoms with Crippen LogP contribution in [0.3, 0.4) is 0 Å². The Bertz CT molecular complexity index is 549. The van der Waals surface area contributed by atoms with Crippen LogP contribution in [0.4, 0.5) is 0 Å². The third-order valence-corrected chi connectivity index (χ3v) is 4.99. The SMILES string of the molecule is CC(C)c1ccc(S(=O)(=O)N(C)CCCC(=O)O)cc1. The Balaban J connectivity index is 2.79. The Morgan fingerprint density at radius 1 is 1.25 bits per heavy atom. The molecule has 0 fully saturated rings. The summed E-state index contributed by atoms with van der Waals surface area (Å²) in [6.45, 7) is 4.28. The van der Waals surface area contributed by atoms with Crippen LogP contribution in [-0.2, 0) is 14.8 Å². The minimum Gasteiger partial charge on any atom is -0.481 e. The standard InChI is InChI=1S/C14H21NO4S/c1-11(2)12-6-8-13(9-7-12)20(18,19)15(3)10-4-5-14(16)17/h6-9,11H,4-5,10H2,1-3H3,(H,16,17). The lowest BCUT2D eigenvalue weighted by atomic mass is 10.0. The number of hydrogen-bond acceptors (Lipinski definition) is 3. The molecule has 1 aromatic carbocycles. The molecule has 0 saturated carbocycles. The highest BCUT2D eigenvalue weighted by Crippen LogP contribution is 2.19. The van der Waals surface area contributed by atoms with Gasteiger partial charge in [-0.3, -0.25) is 4.79 Å². The lowest BCUT2D eigenvalue weighted by Gasteiger charge is -2.17. The number of sulfonamides is 1. The Hall–Kier alpha value is -1.40. The van der Waals surface area contributed by atoms with Gasteiger partial charge in [0.2, 0.25) is 10.0 Å². The zero-order chi connectivity index (χ0) is 15.3. The van der Waals surface area contributed by atoms with Gasteiger partial charge in [0.1, 0.15) is 0 Å². The van der Waals surface area contributed by atoms with Crippen molar-refractivity contribution < 1.29 is 18.3 Å². The first-order valence-electron chi connectivity index (χ1n) is 6.53. The van der Waals surface area contributed by atoms with E-state index in [1.165, 1.54) is 11.4 Å². The third kappa shape index (κ3) is 4.31. The fraction of sp³-hybridized carbons (Fsp3) is 0.500. The molecule has 0 bridgehead atoms. The van der Waals surface area contributed by atoms with Crippen molar-refractivity contribution >= 4 is 16.0 Å². The predicted octanol–water partition coefficient (Wildman–Crippen LogP) is 2.30.